The molecular weight excluding hydrogens is 355 g/mol. The van der Waals surface area contributed by atoms with Gasteiger partial charge in [-0.2, -0.15) is 0 Å². The van der Waals surface area contributed by atoms with Crippen LogP contribution in [0.25, 0.3) is 11.3 Å². The van der Waals surface area contributed by atoms with Crippen LogP contribution in [-0.4, -0.2) is 9.13 Å². The minimum atomic E-state index is 1.23. The monoisotopic (exact) mass is 367 g/mol. The zero-order valence-corrected chi connectivity index (χ0v) is 10.4. The van der Waals surface area contributed by atoms with Crippen molar-refractivity contribution in [1.29, 1.82) is 0 Å². The van der Waals surface area contributed by atoms with Crippen molar-refractivity contribution >= 4 is 0 Å². The molecule has 0 atom stereocenters. The van der Waals surface area contributed by atoms with Gasteiger partial charge in [0.2, 0.25) is 0 Å². The van der Waals surface area contributed by atoms with Crippen LogP contribution in [0.15, 0.2) is 36.5 Å². The Bertz CT molecular complexity index is 494. The van der Waals surface area contributed by atoms with Crippen LogP contribution < -0.4 is 0 Å². The molecule has 76 valence electrons. The molecule has 0 radical (unpaired) electrons. The fraction of sp³-hybridized carbons (Fsp3) is 0.182. The summed E-state index contributed by atoms with van der Waals surface area (Å²) >= 11 is 2.33. The molecule has 0 spiro atoms. The molecule has 14 heavy (non-hydrogen) atoms. The van der Waals surface area contributed by atoms with Crippen LogP contribution >= 0.6 is 0 Å². The molecule has 0 saturated carbocycles. The molecule has 1 heterocycles. The van der Waals surface area contributed by atoms with Gasteiger partial charge in [0.1, 0.15) is 0 Å². The van der Waals surface area contributed by atoms with Crippen molar-refractivity contribution in [2.75, 3.05) is 0 Å². The first-order chi connectivity index (χ1) is 6.70. The quantitative estimate of drug-likeness (QED) is 0.731. The van der Waals surface area contributed by atoms with E-state index in [0.717, 1.165) is 0 Å². The predicted octanol–water partition coefficient (Wildman–Crippen LogP) is 2.11. The first kappa shape index (κ1) is 9.66. The Kier molecular flexibility index (Phi) is 2.56. The Morgan fingerprint density at radius 3 is 2.21 bits per heavy atom. The second kappa shape index (κ2) is 3.70. The standard InChI is InChI=1S/C11H12N2.Pt/c1-12-8-11(13(2)9-12)10-6-4-3-5-7-10;/h3-8H,1-2H3;. The SMILES string of the molecule is Cn1cc(-c2ccccc2)n(C)[c]1=[Pt]. The fourth-order valence-electron chi connectivity index (χ4n) is 1.52. The van der Waals surface area contributed by atoms with E-state index in [1.54, 1.807) is 0 Å². The van der Waals surface area contributed by atoms with Gasteiger partial charge in [-0.1, -0.05) is 0 Å². The summed E-state index contributed by atoms with van der Waals surface area (Å²) in [5.41, 5.74) is 2.51. The molecule has 3 heteroatoms. The molecule has 0 aliphatic heterocycles. The third kappa shape index (κ3) is 1.55. The number of nitrogens with zero attached hydrogens (tertiary/aromatic N) is 2. The van der Waals surface area contributed by atoms with Gasteiger partial charge >= 0.3 is 94.2 Å². The Labute approximate surface area is 94.2 Å². The molecule has 1 aromatic heterocycles. The first-order valence-corrected chi connectivity index (χ1v) is 5.57. The Hall–Kier alpha value is -0.882. The van der Waals surface area contributed by atoms with Crippen LogP contribution in [0.3, 0.4) is 0 Å². The zero-order valence-electron chi connectivity index (χ0n) is 8.17. The summed E-state index contributed by atoms with van der Waals surface area (Å²) in [5.74, 6) is 0. The molecule has 0 aliphatic carbocycles. The Morgan fingerprint density at radius 1 is 1.07 bits per heavy atom. The van der Waals surface area contributed by atoms with Crippen LogP contribution in [-0.2, 0) is 33.4 Å². The molecule has 0 bridgehead atoms. The summed E-state index contributed by atoms with van der Waals surface area (Å²) in [6.07, 6.45) is 2.15. The number of hydrogen-bond donors (Lipinski definition) is 0. The van der Waals surface area contributed by atoms with E-state index in [0.29, 0.717) is 0 Å². The van der Waals surface area contributed by atoms with Gasteiger partial charge in [0.25, 0.3) is 0 Å². The van der Waals surface area contributed by atoms with E-state index in [-0.39, 0.29) is 0 Å². The summed E-state index contributed by atoms with van der Waals surface area (Å²) in [5, 5.41) is 0. The van der Waals surface area contributed by atoms with Gasteiger partial charge in [-0.15, -0.1) is 0 Å². The molecule has 0 unspecified atom stereocenters. The average molecular weight is 367 g/mol. The third-order valence-electron chi connectivity index (χ3n) is 2.27. The van der Waals surface area contributed by atoms with E-state index in [2.05, 4.69) is 73.0 Å². The number of aromatic nitrogens is 2. The zero-order chi connectivity index (χ0) is 10.1. The number of hydrogen-bond acceptors (Lipinski definition) is 0. The van der Waals surface area contributed by atoms with Crippen LogP contribution in [0.2, 0.25) is 0 Å². The fourth-order valence-corrected chi connectivity index (χ4v) is 1.95. The second-order valence-electron chi connectivity index (χ2n) is 3.29. The third-order valence-corrected chi connectivity index (χ3v) is 3.84. The summed E-state index contributed by atoms with van der Waals surface area (Å²) < 4.78 is 5.55. The van der Waals surface area contributed by atoms with Crippen molar-refractivity contribution in [1.82, 2.24) is 9.13 Å². The molecule has 2 aromatic rings. The maximum absolute atomic E-state index is 2.33. The van der Waals surface area contributed by atoms with Crippen molar-refractivity contribution in [3.05, 3.63) is 40.3 Å². The average Bonchev–Trinajstić information content (AvgIpc) is 2.47. The van der Waals surface area contributed by atoms with Gasteiger partial charge in [-0.3, -0.25) is 0 Å². The van der Waals surface area contributed by atoms with Crippen LogP contribution in [0.5, 0.6) is 0 Å². The predicted molar refractivity (Wildman–Crippen MR) is 53.1 cm³/mol. The second-order valence-corrected chi connectivity index (χ2v) is 4.31. The van der Waals surface area contributed by atoms with Crippen molar-refractivity contribution in [2.24, 2.45) is 14.1 Å². The molecule has 0 N–H and O–H groups in total. The summed E-state index contributed by atoms with van der Waals surface area (Å²) in [7, 11) is 4.15. The van der Waals surface area contributed by atoms with Gasteiger partial charge in [0, 0.05) is 0 Å². The minimum absolute atomic E-state index is 1.23. The van der Waals surface area contributed by atoms with Gasteiger partial charge in [0.05, 0.1) is 0 Å². The number of imidazole rings is 1. The van der Waals surface area contributed by atoms with E-state index in [9.17, 15) is 0 Å². The summed E-state index contributed by atoms with van der Waals surface area (Å²) in [6, 6.07) is 10.4. The normalized spacial score (nSPS) is 10.6. The number of aryl methyl sites for hydroxylation is 1. The van der Waals surface area contributed by atoms with Crippen molar-refractivity contribution < 1.29 is 19.4 Å². The van der Waals surface area contributed by atoms with Gasteiger partial charge in [0.15, 0.2) is 0 Å². The van der Waals surface area contributed by atoms with Crippen molar-refractivity contribution in [3.8, 4) is 11.3 Å². The van der Waals surface area contributed by atoms with Gasteiger partial charge in [-0.25, -0.2) is 0 Å². The molecule has 0 fully saturated rings. The summed E-state index contributed by atoms with van der Waals surface area (Å²) in [6.45, 7) is 0. The van der Waals surface area contributed by atoms with E-state index >= 15 is 0 Å². The maximum atomic E-state index is 2.33. The Balaban J connectivity index is 2.64. The molecule has 0 aliphatic rings. The van der Waals surface area contributed by atoms with Crippen molar-refractivity contribution in [3.63, 3.8) is 0 Å². The molecule has 0 saturated heterocycles. The van der Waals surface area contributed by atoms with E-state index < -0.39 is 0 Å². The number of rotatable bonds is 1. The molecule has 0 amide bonds. The van der Waals surface area contributed by atoms with E-state index in [1.165, 1.54) is 15.1 Å². The van der Waals surface area contributed by atoms with Crippen molar-refractivity contribution in [2.45, 2.75) is 0 Å². The summed E-state index contributed by atoms with van der Waals surface area (Å²) in [4.78, 5) is 0. The van der Waals surface area contributed by atoms with Crippen LogP contribution in [0.1, 0.15) is 0 Å². The Morgan fingerprint density at radius 2 is 1.71 bits per heavy atom. The molecule has 2 nitrogen and oxygen atoms in total. The molecular formula is C11H12N2Pt. The van der Waals surface area contributed by atoms with Gasteiger partial charge in [-0.05, 0) is 0 Å². The molecule has 2 rings (SSSR count). The van der Waals surface area contributed by atoms with Crippen LogP contribution in [0, 0.1) is 3.80 Å². The van der Waals surface area contributed by atoms with E-state index in [4.69, 9.17) is 0 Å². The van der Waals surface area contributed by atoms with E-state index in [1.807, 2.05) is 6.07 Å². The number of benzene rings is 1. The van der Waals surface area contributed by atoms with Crippen LogP contribution in [0.4, 0.5) is 0 Å². The molecule has 1 aromatic carbocycles. The first-order valence-electron chi connectivity index (χ1n) is 4.43. The van der Waals surface area contributed by atoms with Gasteiger partial charge < -0.3 is 0 Å². The topological polar surface area (TPSA) is 9.86 Å².